The van der Waals surface area contributed by atoms with Crippen molar-refractivity contribution in [1.82, 2.24) is 0 Å². The quantitative estimate of drug-likeness (QED) is 0.149. The molecule has 0 heteroatoms. The van der Waals surface area contributed by atoms with Crippen LogP contribution in [0.5, 0.6) is 0 Å². The predicted octanol–water partition coefficient (Wildman–Crippen LogP) is 23.2. The number of hydrogen-bond acceptors (Lipinski definition) is 0. The van der Waals surface area contributed by atoms with Crippen molar-refractivity contribution in [2.24, 2.45) is 0 Å². The van der Waals surface area contributed by atoms with Crippen molar-refractivity contribution in [3.05, 3.63) is 303 Å². The number of benzene rings is 13. The maximum absolute atomic E-state index is 2.53. The number of rotatable bonds is 7. The molecule has 0 heterocycles. The Labute approximate surface area is 479 Å². The highest BCUT2D eigenvalue weighted by molar-refractivity contribution is 6.32. The summed E-state index contributed by atoms with van der Waals surface area (Å²) in [4.78, 5) is 0. The van der Waals surface area contributed by atoms with Gasteiger partial charge in [-0.2, -0.15) is 0 Å². The molecule has 0 N–H and O–H groups in total. The van der Waals surface area contributed by atoms with Crippen molar-refractivity contribution in [2.45, 2.75) is 26.2 Å². The first-order chi connectivity index (χ1) is 40.4. The zero-order chi connectivity index (χ0) is 54.9. The Balaban J connectivity index is 1.11. The summed E-state index contributed by atoms with van der Waals surface area (Å²) < 4.78 is 0. The summed E-state index contributed by atoms with van der Waals surface area (Å²) in [5, 5.41) is 14.9. The Morgan fingerprint density at radius 2 is 0.427 bits per heavy atom. The lowest BCUT2D eigenvalue weighted by molar-refractivity contribution is 0.592. The minimum atomic E-state index is -0.198. The topological polar surface area (TPSA) is 0 Å². The van der Waals surface area contributed by atoms with E-state index in [2.05, 4.69) is 318 Å². The van der Waals surface area contributed by atoms with Crippen LogP contribution in [0, 0.1) is 0 Å². The lowest BCUT2D eigenvalue weighted by atomic mass is 9.73. The second-order valence-electron chi connectivity index (χ2n) is 22.9. The molecule has 82 heavy (non-hydrogen) atoms. The molecule has 386 valence electrons. The van der Waals surface area contributed by atoms with E-state index in [-0.39, 0.29) is 5.41 Å². The molecule has 0 atom stereocenters. The molecule has 2 aliphatic carbocycles. The molecule has 0 bridgehead atoms. The van der Waals surface area contributed by atoms with Gasteiger partial charge in [-0.05, 0) is 177 Å². The third-order valence-electron chi connectivity index (χ3n) is 17.2. The van der Waals surface area contributed by atoms with Gasteiger partial charge in [0.15, 0.2) is 0 Å². The molecule has 0 saturated carbocycles. The molecule has 0 radical (unpaired) electrons. The van der Waals surface area contributed by atoms with Crippen molar-refractivity contribution in [3.8, 4) is 89.0 Å². The summed E-state index contributed by atoms with van der Waals surface area (Å²) in [6, 6.07) is 111. The molecule has 15 rings (SSSR count). The van der Waals surface area contributed by atoms with Gasteiger partial charge in [0.2, 0.25) is 0 Å². The first-order valence-corrected chi connectivity index (χ1v) is 28.7. The molecule has 0 spiro atoms. The van der Waals surface area contributed by atoms with Gasteiger partial charge < -0.3 is 0 Å². The van der Waals surface area contributed by atoms with E-state index in [9.17, 15) is 0 Å². The van der Waals surface area contributed by atoms with Gasteiger partial charge in [-0.15, -0.1) is 0 Å². The van der Waals surface area contributed by atoms with Crippen LogP contribution in [0.1, 0.15) is 26.3 Å². The Kier molecular flexibility index (Phi) is 11.9. The van der Waals surface area contributed by atoms with E-state index in [1.165, 1.54) is 143 Å². The van der Waals surface area contributed by atoms with E-state index < -0.39 is 0 Å². The van der Waals surface area contributed by atoms with E-state index in [0.717, 1.165) is 16.7 Å². The largest absolute Gasteiger partial charge is 0.0622 e. The van der Waals surface area contributed by atoms with Crippen LogP contribution >= 0.6 is 0 Å². The minimum absolute atomic E-state index is 0.198. The van der Waals surface area contributed by atoms with Crippen LogP contribution in [-0.2, 0) is 5.41 Å². The molecular weight excluding hydrogens is 985 g/mol. The summed E-state index contributed by atoms with van der Waals surface area (Å²) in [7, 11) is 0. The average Bonchev–Trinajstić information content (AvgIpc) is 3.02. The Morgan fingerprint density at radius 1 is 0.171 bits per heavy atom. The third kappa shape index (κ3) is 8.05. The van der Waals surface area contributed by atoms with E-state index in [1.807, 2.05) is 0 Å². The van der Waals surface area contributed by atoms with Crippen molar-refractivity contribution >= 4 is 64.6 Å². The third-order valence-corrected chi connectivity index (χ3v) is 17.2. The van der Waals surface area contributed by atoms with Crippen LogP contribution in [0.25, 0.3) is 154 Å². The molecule has 0 aliphatic heterocycles. The second-order valence-corrected chi connectivity index (χ2v) is 22.9. The summed E-state index contributed by atoms with van der Waals surface area (Å²) in [6.07, 6.45) is 0. The van der Waals surface area contributed by atoms with Crippen LogP contribution < -0.4 is 0 Å². The lowest BCUT2D eigenvalue weighted by Gasteiger charge is -2.30. The van der Waals surface area contributed by atoms with Crippen LogP contribution in [0.3, 0.4) is 0 Å². The number of hydrogen-bond donors (Lipinski definition) is 0. The van der Waals surface area contributed by atoms with E-state index in [4.69, 9.17) is 0 Å². The smallest absolute Gasteiger partial charge is 0.00137 e. The molecule has 2 aliphatic rings. The van der Waals surface area contributed by atoms with Gasteiger partial charge in [-0.25, -0.2) is 0 Å². The molecule has 13 aromatic rings. The molecule has 0 unspecified atom stereocenters. The summed E-state index contributed by atoms with van der Waals surface area (Å²) in [6.45, 7) is 7.09. The van der Waals surface area contributed by atoms with Crippen molar-refractivity contribution in [1.29, 1.82) is 0 Å². The molecule has 0 nitrogen and oxygen atoms in total. The molecule has 0 fully saturated rings. The zero-order valence-corrected chi connectivity index (χ0v) is 46.3. The minimum Gasteiger partial charge on any atom is -0.0622 e. The maximum Gasteiger partial charge on any atom is -0.00137 e. The zero-order valence-electron chi connectivity index (χ0n) is 46.3. The summed E-state index contributed by atoms with van der Waals surface area (Å²) >= 11 is 0. The normalized spacial score (nSPS) is 11.8. The lowest BCUT2D eigenvalue weighted by Crippen LogP contribution is -2.13. The van der Waals surface area contributed by atoms with Gasteiger partial charge in [-0.1, -0.05) is 306 Å². The highest BCUT2D eigenvalue weighted by atomic mass is 14.3. The SMILES string of the molecule is CC(C)(C)c1ccc(-c2c(-c3ccccc3)c(-c3ccccc3)c(-c3ccccc3)c(-c3ccccc3)c2-c2ccccc2)cc1-c1ccc2c3cccc4c3-c3c(cccc3c3ccccc3c2c1)c1ccccc1c1ccccc41. The van der Waals surface area contributed by atoms with E-state index in [1.54, 1.807) is 0 Å². The van der Waals surface area contributed by atoms with Gasteiger partial charge >= 0.3 is 0 Å². The number of fused-ring (bicyclic) bond motifs is 10. The molecule has 0 saturated heterocycles. The van der Waals surface area contributed by atoms with E-state index in [0.29, 0.717) is 0 Å². The standard InChI is InChI=1S/C82H58/c1-82(2,3)73-50-48-59(79-77(56-33-15-7-16-34-56)75(54-29-11-5-12-30-54)74(53-27-9-4-10-28-53)76(55-31-13-6-14-32-55)78(79)57-35-17-8-18-36-57)52-71(73)58-47-49-66-70-46-26-44-68-63-40-22-20-38-61(63)60-37-19-21-39-62(60)67-43-25-45-69(80(67)81(68)70)64-41-23-24-42-65(64)72(66)51-58/h4-52H,1-3H3. The fourth-order valence-corrected chi connectivity index (χ4v) is 13.7. The Morgan fingerprint density at radius 3 is 0.756 bits per heavy atom. The monoisotopic (exact) mass is 1040 g/mol. The summed E-state index contributed by atoms with van der Waals surface area (Å²) in [5.74, 6) is 0. The molecule has 0 amide bonds. The Hall–Kier alpha value is -10.1. The van der Waals surface area contributed by atoms with Crippen LogP contribution in [0.4, 0.5) is 0 Å². The first-order valence-electron chi connectivity index (χ1n) is 28.7. The fourth-order valence-electron chi connectivity index (χ4n) is 13.7. The van der Waals surface area contributed by atoms with Crippen LogP contribution in [0.15, 0.2) is 297 Å². The fraction of sp³-hybridized carbons (Fsp3) is 0.0488. The molecule has 13 aromatic carbocycles. The van der Waals surface area contributed by atoms with Gasteiger partial charge in [0, 0.05) is 0 Å². The molecular formula is C82H58. The first kappa shape index (κ1) is 48.9. The predicted molar refractivity (Wildman–Crippen MR) is 354 cm³/mol. The van der Waals surface area contributed by atoms with Gasteiger partial charge in [0.25, 0.3) is 0 Å². The second kappa shape index (κ2) is 19.9. The van der Waals surface area contributed by atoms with Crippen LogP contribution in [-0.4, -0.2) is 0 Å². The van der Waals surface area contributed by atoms with Gasteiger partial charge in [-0.3, -0.25) is 0 Å². The van der Waals surface area contributed by atoms with Crippen LogP contribution in [0.2, 0.25) is 0 Å². The molecule has 0 aromatic heterocycles. The van der Waals surface area contributed by atoms with Crippen molar-refractivity contribution in [2.75, 3.05) is 0 Å². The van der Waals surface area contributed by atoms with Gasteiger partial charge in [0.05, 0.1) is 0 Å². The van der Waals surface area contributed by atoms with E-state index >= 15 is 0 Å². The highest BCUT2D eigenvalue weighted by Crippen LogP contribution is 2.57. The van der Waals surface area contributed by atoms with Crippen molar-refractivity contribution < 1.29 is 0 Å². The van der Waals surface area contributed by atoms with Gasteiger partial charge in [0.1, 0.15) is 0 Å². The Bertz CT molecular complexity index is 4850. The average molecular weight is 1040 g/mol. The van der Waals surface area contributed by atoms with Crippen molar-refractivity contribution in [3.63, 3.8) is 0 Å². The highest BCUT2D eigenvalue weighted by Gasteiger charge is 2.31. The maximum atomic E-state index is 2.53. The summed E-state index contributed by atoms with van der Waals surface area (Å²) in [5.41, 5.74) is 20.3.